The molecular formula is C25H32FN3O4. The number of likely N-dealkylation sites (tertiary alicyclic amines) is 1. The van der Waals surface area contributed by atoms with Crippen molar-refractivity contribution < 1.29 is 23.1 Å². The Morgan fingerprint density at radius 1 is 1.30 bits per heavy atom. The highest BCUT2D eigenvalue weighted by atomic mass is 19.1. The van der Waals surface area contributed by atoms with E-state index in [1.165, 1.54) is 12.1 Å². The summed E-state index contributed by atoms with van der Waals surface area (Å²) in [5.74, 6) is -0.144. The first-order chi connectivity index (χ1) is 15.9. The maximum absolute atomic E-state index is 13.9. The van der Waals surface area contributed by atoms with E-state index < -0.39 is 11.5 Å². The van der Waals surface area contributed by atoms with Crippen molar-refractivity contribution in [3.05, 3.63) is 59.8 Å². The van der Waals surface area contributed by atoms with Crippen molar-refractivity contribution in [1.29, 1.82) is 0 Å². The number of ether oxygens (including phenoxy) is 1. The van der Waals surface area contributed by atoms with Gasteiger partial charge in [0.05, 0.1) is 25.3 Å². The minimum Gasteiger partial charge on any atom is -0.467 e. The summed E-state index contributed by atoms with van der Waals surface area (Å²) in [5, 5.41) is 2.90. The normalized spacial score (nSPS) is 23.3. The molecule has 0 unspecified atom stereocenters. The second-order valence-electron chi connectivity index (χ2n) is 9.36. The number of furan rings is 1. The summed E-state index contributed by atoms with van der Waals surface area (Å²) in [7, 11) is 0. The van der Waals surface area contributed by atoms with Crippen LogP contribution in [0.2, 0.25) is 0 Å². The van der Waals surface area contributed by atoms with Crippen LogP contribution in [0.3, 0.4) is 0 Å². The van der Waals surface area contributed by atoms with Gasteiger partial charge in [0.15, 0.2) is 5.60 Å². The monoisotopic (exact) mass is 457 g/mol. The smallest absolute Gasteiger partial charge is 0.254 e. The topological polar surface area (TPSA) is 75.0 Å². The second kappa shape index (κ2) is 10.1. The summed E-state index contributed by atoms with van der Waals surface area (Å²) in [6, 6.07) is 9.95. The zero-order chi connectivity index (χ0) is 23.4. The minimum absolute atomic E-state index is 0.106. The molecule has 1 aromatic heterocycles. The molecule has 3 heterocycles. The van der Waals surface area contributed by atoms with Crippen molar-refractivity contribution in [2.45, 2.75) is 39.0 Å². The summed E-state index contributed by atoms with van der Waals surface area (Å²) >= 11 is 0. The van der Waals surface area contributed by atoms with Crippen LogP contribution in [-0.2, 0) is 27.4 Å². The van der Waals surface area contributed by atoms with Gasteiger partial charge in [0.2, 0.25) is 5.91 Å². The number of carbonyl (C=O) groups excluding carboxylic acids is 2. The van der Waals surface area contributed by atoms with Crippen LogP contribution in [-0.4, -0.2) is 60.0 Å². The van der Waals surface area contributed by atoms with Gasteiger partial charge in [-0.15, -0.1) is 0 Å². The maximum Gasteiger partial charge on any atom is 0.254 e. The van der Waals surface area contributed by atoms with Crippen LogP contribution >= 0.6 is 0 Å². The summed E-state index contributed by atoms with van der Waals surface area (Å²) in [4.78, 5) is 30.8. The van der Waals surface area contributed by atoms with E-state index in [1.54, 1.807) is 29.4 Å². The number of hydrogen-bond acceptors (Lipinski definition) is 5. The predicted molar refractivity (Wildman–Crippen MR) is 120 cm³/mol. The fourth-order valence-corrected chi connectivity index (χ4v) is 4.64. The number of amides is 2. The molecule has 2 fully saturated rings. The van der Waals surface area contributed by atoms with Crippen LogP contribution in [0.5, 0.6) is 0 Å². The molecule has 2 aromatic rings. The van der Waals surface area contributed by atoms with Crippen molar-refractivity contribution in [2.24, 2.45) is 11.8 Å². The standard InChI is InChI=1S/C25H32FN3O4/c1-18(2)9-11-29(15-21-4-3-12-32-21)23(30)22-16-28(14-19-5-7-20(26)8-6-19)17-25(22)24(31)27-10-13-33-25/h3-8,12,18,22H,9-11,13-17H2,1-2H3,(H,27,31)/t22-,25-/m1/s1. The average Bonchev–Trinajstić information content (AvgIpc) is 3.43. The Hall–Kier alpha value is -2.71. The van der Waals surface area contributed by atoms with Gasteiger partial charge in [-0.1, -0.05) is 26.0 Å². The van der Waals surface area contributed by atoms with E-state index in [0.717, 1.165) is 12.0 Å². The highest BCUT2D eigenvalue weighted by Crippen LogP contribution is 2.36. The third kappa shape index (κ3) is 5.28. The van der Waals surface area contributed by atoms with Crippen molar-refractivity contribution in [2.75, 3.05) is 32.8 Å². The Kier molecular flexibility index (Phi) is 7.14. The fraction of sp³-hybridized carbons (Fsp3) is 0.520. The molecule has 4 rings (SSSR count). The van der Waals surface area contributed by atoms with Crippen molar-refractivity contribution in [1.82, 2.24) is 15.1 Å². The molecule has 1 aromatic carbocycles. The second-order valence-corrected chi connectivity index (χ2v) is 9.36. The Bertz CT molecular complexity index is 947. The van der Waals surface area contributed by atoms with E-state index in [9.17, 15) is 14.0 Å². The van der Waals surface area contributed by atoms with E-state index in [0.29, 0.717) is 57.6 Å². The van der Waals surface area contributed by atoms with E-state index >= 15 is 0 Å². The lowest BCUT2D eigenvalue weighted by Crippen LogP contribution is -2.62. The molecule has 0 radical (unpaired) electrons. The first-order valence-corrected chi connectivity index (χ1v) is 11.6. The summed E-state index contributed by atoms with van der Waals surface area (Å²) in [6.45, 7) is 7.17. The van der Waals surface area contributed by atoms with Crippen LogP contribution in [0.25, 0.3) is 0 Å². The molecule has 2 amide bonds. The molecular weight excluding hydrogens is 425 g/mol. The Balaban J connectivity index is 1.58. The lowest BCUT2D eigenvalue weighted by Gasteiger charge is -2.38. The number of morpholine rings is 1. The molecule has 1 N–H and O–H groups in total. The molecule has 2 saturated heterocycles. The lowest BCUT2D eigenvalue weighted by atomic mass is 9.87. The van der Waals surface area contributed by atoms with Crippen LogP contribution < -0.4 is 5.32 Å². The quantitative estimate of drug-likeness (QED) is 0.660. The van der Waals surface area contributed by atoms with Gasteiger partial charge in [0, 0.05) is 32.7 Å². The van der Waals surface area contributed by atoms with Gasteiger partial charge in [-0.25, -0.2) is 4.39 Å². The third-order valence-electron chi connectivity index (χ3n) is 6.43. The summed E-state index contributed by atoms with van der Waals surface area (Å²) in [5.41, 5.74) is -0.308. The summed E-state index contributed by atoms with van der Waals surface area (Å²) < 4.78 is 24.9. The molecule has 7 nitrogen and oxygen atoms in total. The zero-order valence-electron chi connectivity index (χ0n) is 19.3. The zero-order valence-corrected chi connectivity index (χ0v) is 19.3. The predicted octanol–water partition coefficient (Wildman–Crippen LogP) is 2.81. The highest BCUT2D eigenvalue weighted by molar-refractivity contribution is 5.94. The van der Waals surface area contributed by atoms with Gasteiger partial charge in [0.1, 0.15) is 11.6 Å². The third-order valence-corrected chi connectivity index (χ3v) is 6.43. The highest BCUT2D eigenvalue weighted by Gasteiger charge is 2.58. The van der Waals surface area contributed by atoms with E-state index in [4.69, 9.17) is 9.15 Å². The molecule has 2 aliphatic heterocycles. The largest absolute Gasteiger partial charge is 0.467 e. The Morgan fingerprint density at radius 3 is 2.76 bits per heavy atom. The van der Waals surface area contributed by atoms with Crippen LogP contribution in [0.1, 0.15) is 31.6 Å². The fourth-order valence-electron chi connectivity index (χ4n) is 4.64. The molecule has 178 valence electrons. The molecule has 0 aliphatic carbocycles. The van der Waals surface area contributed by atoms with Crippen molar-refractivity contribution in [3.8, 4) is 0 Å². The van der Waals surface area contributed by atoms with Gasteiger partial charge >= 0.3 is 0 Å². The average molecular weight is 458 g/mol. The van der Waals surface area contributed by atoms with Crippen molar-refractivity contribution in [3.63, 3.8) is 0 Å². The van der Waals surface area contributed by atoms with Gasteiger partial charge < -0.3 is 19.4 Å². The van der Waals surface area contributed by atoms with E-state index in [1.807, 2.05) is 11.0 Å². The SMILES string of the molecule is CC(C)CCN(Cc1ccco1)C(=O)[C@H]1CN(Cc2ccc(F)cc2)C[C@@]12OCCNC2=O. The molecule has 2 aliphatic rings. The van der Waals surface area contributed by atoms with Gasteiger partial charge in [0.25, 0.3) is 5.91 Å². The first kappa shape index (κ1) is 23.4. The van der Waals surface area contributed by atoms with Crippen LogP contribution in [0.4, 0.5) is 4.39 Å². The Morgan fingerprint density at radius 2 is 2.09 bits per heavy atom. The lowest BCUT2D eigenvalue weighted by molar-refractivity contribution is -0.167. The summed E-state index contributed by atoms with van der Waals surface area (Å²) in [6.07, 6.45) is 2.44. The number of rotatable bonds is 8. The number of nitrogens with one attached hydrogen (secondary N) is 1. The van der Waals surface area contributed by atoms with Gasteiger partial charge in [-0.05, 0) is 42.2 Å². The molecule has 1 spiro atoms. The van der Waals surface area contributed by atoms with Crippen LogP contribution in [0, 0.1) is 17.7 Å². The van der Waals surface area contributed by atoms with Crippen LogP contribution in [0.15, 0.2) is 47.1 Å². The Labute approximate surface area is 193 Å². The number of nitrogens with zero attached hydrogens (tertiary/aromatic N) is 2. The number of benzene rings is 1. The number of carbonyl (C=O) groups is 2. The molecule has 8 heteroatoms. The van der Waals surface area contributed by atoms with E-state index in [2.05, 4.69) is 19.2 Å². The number of hydrogen-bond donors (Lipinski definition) is 1. The molecule has 33 heavy (non-hydrogen) atoms. The molecule has 2 atom stereocenters. The molecule has 0 bridgehead atoms. The minimum atomic E-state index is -1.23. The number of halogens is 1. The molecule has 0 saturated carbocycles. The van der Waals surface area contributed by atoms with Gasteiger partial charge in [-0.3, -0.25) is 14.5 Å². The maximum atomic E-state index is 13.9. The van der Waals surface area contributed by atoms with Gasteiger partial charge in [-0.2, -0.15) is 0 Å². The first-order valence-electron chi connectivity index (χ1n) is 11.6. The van der Waals surface area contributed by atoms with E-state index in [-0.39, 0.29) is 17.6 Å². The van der Waals surface area contributed by atoms with Crippen molar-refractivity contribution >= 4 is 11.8 Å².